The summed E-state index contributed by atoms with van der Waals surface area (Å²) in [7, 11) is 0. The standard InChI is InChI=1S/C17H16F2O/c1-11(2)13-3-5-14(6-4-13)17(20)9-12-7-15(18)10-16(19)8-12/h3-8,10-11H,9H2,1-2H3. The Balaban J connectivity index is 2.15. The quantitative estimate of drug-likeness (QED) is 0.749. The summed E-state index contributed by atoms with van der Waals surface area (Å²) < 4.78 is 26.1. The Hall–Kier alpha value is -2.03. The first-order valence-corrected chi connectivity index (χ1v) is 6.54. The Morgan fingerprint density at radius 3 is 2.05 bits per heavy atom. The predicted molar refractivity (Wildman–Crippen MR) is 74.9 cm³/mol. The minimum absolute atomic E-state index is 0.00426. The highest BCUT2D eigenvalue weighted by molar-refractivity contribution is 5.97. The fourth-order valence-corrected chi connectivity index (χ4v) is 2.05. The van der Waals surface area contributed by atoms with Gasteiger partial charge in [0.15, 0.2) is 5.78 Å². The number of carbonyl (C=O) groups excluding carboxylic acids is 1. The summed E-state index contributed by atoms with van der Waals surface area (Å²) in [5.74, 6) is -1.08. The van der Waals surface area contributed by atoms with Gasteiger partial charge in [-0.3, -0.25) is 4.79 Å². The van der Waals surface area contributed by atoms with E-state index in [-0.39, 0.29) is 12.2 Å². The summed E-state index contributed by atoms with van der Waals surface area (Å²) in [5.41, 5.74) is 2.05. The monoisotopic (exact) mass is 274 g/mol. The lowest BCUT2D eigenvalue weighted by Gasteiger charge is -2.07. The zero-order valence-electron chi connectivity index (χ0n) is 11.5. The largest absolute Gasteiger partial charge is 0.294 e. The van der Waals surface area contributed by atoms with Crippen LogP contribution in [0.3, 0.4) is 0 Å². The molecule has 0 aliphatic carbocycles. The Kier molecular flexibility index (Phi) is 4.28. The Bertz CT molecular complexity index is 595. The maximum Gasteiger partial charge on any atom is 0.167 e. The maximum absolute atomic E-state index is 13.1. The minimum Gasteiger partial charge on any atom is -0.294 e. The van der Waals surface area contributed by atoms with Gasteiger partial charge in [-0.15, -0.1) is 0 Å². The van der Waals surface area contributed by atoms with E-state index in [1.165, 1.54) is 12.1 Å². The molecule has 0 radical (unpaired) electrons. The van der Waals surface area contributed by atoms with E-state index in [0.29, 0.717) is 17.0 Å². The number of rotatable bonds is 4. The van der Waals surface area contributed by atoms with Gasteiger partial charge in [0.2, 0.25) is 0 Å². The van der Waals surface area contributed by atoms with Crippen LogP contribution in [0.1, 0.15) is 41.3 Å². The van der Waals surface area contributed by atoms with Gasteiger partial charge < -0.3 is 0 Å². The molecule has 2 aromatic rings. The van der Waals surface area contributed by atoms with Crippen LogP contribution < -0.4 is 0 Å². The number of hydrogen-bond acceptors (Lipinski definition) is 1. The predicted octanol–water partition coefficient (Wildman–Crippen LogP) is 4.51. The van der Waals surface area contributed by atoms with E-state index in [4.69, 9.17) is 0 Å². The molecule has 0 aromatic heterocycles. The molecular formula is C17H16F2O. The van der Waals surface area contributed by atoms with Crippen LogP contribution in [0.4, 0.5) is 8.78 Å². The van der Waals surface area contributed by atoms with Crippen molar-refractivity contribution < 1.29 is 13.6 Å². The number of halogens is 2. The van der Waals surface area contributed by atoms with E-state index in [1.54, 1.807) is 12.1 Å². The molecule has 0 saturated carbocycles. The van der Waals surface area contributed by atoms with Gasteiger partial charge in [-0.05, 0) is 29.2 Å². The molecule has 3 heteroatoms. The topological polar surface area (TPSA) is 17.1 Å². The van der Waals surface area contributed by atoms with E-state index in [9.17, 15) is 13.6 Å². The molecule has 0 spiro atoms. The molecule has 0 atom stereocenters. The molecule has 0 N–H and O–H groups in total. The van der Waals surface area contributed by atoms with E-state index < -0.39 is 11.6 Å². The van der Waals surface area contributed by atoms with Crippen molar-refractivity contribution in [2.45, 2.75) is 26.2 Å². The van der Waals surface area contributed by atoms with Crippen molar-refractivity contribution >= 4 is 5.78 Å². The highest BCUT2D eigenvalue weighted by Gasteiger charge is 2.09. The second-order valence-corrected chi connectivity index (χ2v) is 5.15. The second kappa shape index (κ2) is 5.95. The van der Waals surface area contributed by atoms with E-state index >= 15 is 0 Å². The van der Waals surface area contributed by atoms with Crippen molar-refractivity contribution in [1.82, 2.24) is 0 Å². The fourth-order valence-electron chi connectivity index (χ4n) is 2.05. The lowest BCUT2D eigenvalue weighted by Crippen LogP contribution is -2.04. The third kappa shape index (κ3) is 3.50. The lowest BCUT2D eigenvalue weighted by molar-refractivity contribution is 0.0993. The van der Waals surface area contributed by atoms with Crippen LogP contribution in [0.25, 0.3) is 0 Å². The Labute approximate surface area is 117 Å². The first-order chi connectivity index (χ1) is 9.45. The van der Waals surface area contributed by atoms with Crippen molar-refractivity contribution in [2.75, 3.05) is 0 Å². The molecule has 0 saturated heterocycles. The maximum atomic E-state index is 13.1. The average Bonchev–Trinajstić information content (AvgIpc) is 2.37. The van der Waals surface area contributed by atoms with Crippen molar-refractivity contribution in [3.05, 3.63) is 70.8 Å². The summed E-state index contributed by atoms with van der Waals surface area (Å²) in [6.45, 7) is 4.15. The van der Waals surface area contributed by atoms with E-state index in [0.717, 1.165) is 11.6 Å². The van der Waals surface area contributed by atoms with Crippen LogP contribution in [-0.4, -0.2) is 5.78 Å². The van der Waals surface area contributed by atoms with Gasteiger partial charge in [-0.1, -0.05) is 38.1 Å². The number of carbonyl (C=O) groups is 1. The van der Waals surface area contributed by atoms with Crippen molar-refractivity contribution in [3.63, 3.8) is 0 Å². The third-order valence-electron chi connectivity index (χ3n) is 3.19. The summed E-state index contributed by atoms with van der Waals surface area (Å²) in [5, 5.41) is 0. The van der Waals surface area contributed by atoms with Crippen LogP contribution in [0.5, 0.6) is 0 Å². The average molecular weight is 274 g/mol. The number of ketones is 1. The van der Waals surface area contributed by atoms with Gasteiger partial charge in [0.25, 0.3) is 0 Å². The molecule has 0 aliphatic heterocycles. The van der Waals surface area contributed by atoms with Gasteiger partial charge in [0.1, 0.15) is 11.6 Å². The molecule has 1 nitrogen and oxygen atoms in total. The molecule has 0 amide bonds. The molecule has 0 fully saturated rings. The fraction of sp³-hybridized carbons (Fsp3) is 0.235. The number of Topliss-reactive ketones (excluding diaryl/α,β-unsaturated/α-hetero) is 1. The third-order valence-corrected chi connectivity index (χ3v) is 3.19. The van der Waals surface area contributed by atoms with Crippen LogP contribution in [0.15, 0.2) is 42.5 Å². The van der Waals surface area contributed by atoms with Gasteiger partial charge in [0.05, 0.1) is 0 Å². The molecule has 0 bridgehead atoms. The van der Waals surface area contributed by atoms with Crippen molar-refractivity contribution in [3.8, 4) is 0 Å². The molecule has 20 heavy (non-hydrogen) atoms. The Morgan fingerprint density at radius 1 is 1.00 bits per heavy atom. The highest BCUT2D eigenvalue weighted by Crippen LogP contribution is 2.16. The van der Waals surface area contributed by atoms with Crippen molar-refractivity contribution in [1.29, 1.82) is 0 Å². The zero-order chi connectivity index (χ0) is 14.7. The van der Waals surface area contributed by atoms with Gasteiger partial charge >= 0.3 is 0 Å². The highest BCUT2D eigenvalue weighted by atomic mass is 19.1. The molecule has 2 rings (SSSR count). The van der Waals surface area contributed by atoms with Crippen LogP contribution in [0, 0.1) is 11.6 Å². The number of benzene rings is 2. The van der Waals surface area contributed by atoms with Crippen LogP contribution >= 0.6 is 0 Å². The summed E-state index contributed by atoms with van der Waals surface area (Å²) in [6, 6.07) is 10.5. The minimum atomic E-state index is -0.664. The molecule has 0 heterocycles. The van der Waals surface area contributed by atoms with Crippen LogP contribution in [-0.2, 0) is 6.42 Å². The van der Waals surface area contributed by atoms with Gasteiger partial charge in [-0.2, -0.15) is 0 Å². The Morgan fingerprint density at radius 2 is 1.55 bits per heavy atom. The normalized spacial score (nSPS) is 10.8. The first kappa shape index (κ1) is 14.4. The molecular weight excluding hydrogens is 258 g/mol. The van der Waals surface area contributed by atoms with Gasteiger partial charge in [-0.25, -0.2) is 8.78 Å². The first-order valence-electron chi connectivity index (χ1n) is 6.54. The van der Waals surface area contributed by atoms with Gasteiger partial charge in [0, 0.05) is 18.1 Å². The van der Waals surface area contributed by atoms with Crippen LogP contribution in [0.2, 0.25) is 0 Å². The molecule has 0 aliphatic rings. The molecule has 0 unspecified atom stereocenters. The lowest BCUT2D eigenvalue weighted by atomic mass is 9.98. The summed E-state index contributed by atoms with van der Waals surface area (Å²) >= 11 is 0. The SMILES string of the molecule is CC(C)c1ccc(C(=O)Cc2cc(F)cc(F)c2)cc1. The number of hydrogen-bond donors (Lipinski definition) is 0. The molecule has 2 aromatic carbocycles. The summed E-state index contributed by atoms with van der Waals surface area (Å²) in [4.78, 5) is 12.1. The van der Waals surface area contributed by atoms with E-state index in [1.807, 2.05) is 12.1 Å². The summed E-state index contributed by atoms with van der Waals surface area (Å²) in [6.07, 6.45) is -0.00426. The van der Waals surface area contributed by atoms with Crippen molar-refractivity contribution in [2.24, 2.45) is 0 Å². The smallest absolute Gasteiger partial charge is 0.167 e. The zero-order valence-corrected chi connectivity index (χ0v) is 11.5. The molecule has 104 valence electrons. The second-order valence-electron chi connectivity index (χ2n) is 5.15. The van der Waals surface area contributed by atoms with E-state index in [2.05, 4.69) is 13.8 Å².